The Morgan fingerprint density at radius 2 is 1.83 bits per heavy atom. The van der Waals surface area contributed by atoms with E-state index in [2.05, 4.69) is 45.8 Å². The molecule has 1 saturated heterocycles. The molecule has 0 bridgehead atoms. The minimum atomic E-state index is 0.0991. The molecule has 1 N–H and O–H groups in total. The molecule has 154 valence electrons. The quantitative estimate of drug-likeness (QED) is 0.776. The van der Waals surface area contributed by atoms with Gasteiger partial charge in [-0.05, 0) is 30.2 Å². The molecule has 29 heavy (non-hydrogen) atoms. The number of nitrogens with one attached hydrogen (secondary N) is 1. The predicted octanol–water partition coefficient (Wildman–Crippen LogP) is 3.62. The van der Waals surface area contributed by atoms with Gasteiger partial charge in [-0.15, -0.1) is 0 Å². The molecule has 1 fully saturated rings. The molecule has 0 amide bonds. The Bertz CT molecular complexity index is 844. The van der Waals surface area contributed by atoms with E-state index in [9.17, 15) is 0 Å². The van der Waals surface area contributed by atoms with E-state index in [0.29, 0.717) is 29.8 Å². The van der Waals surface area contributed by atoms with Gasteiger partial charge >= 0.3 is 0 Å². The van der Waals surface area contributed by atoms with E-state index in [1.807, 2.05) is 19.1 Å². The van der Waals surface area contributed by atoms with Crippen LogP contribution in [-0.2, 0) is 6.54 Å². The maximum atomic E-state index is 5.75. The summed E-state index contributed by atoms with van der Waals surface area (Å²) >= 11 is 0. The van der Waals surface area contributed by atoms with Crippen molar-refractivity contribution in [1.29, 1.82) is 0 Å². The van der Waals surface area contributed by atoms with Gasteiger partial charge in [0.15, 0.2) is 11.5 Å². The molecule has 4 rings (SSSR count). The molecule has 0 saturated carbocycles. The van der Waals surface area contributed by atoms with Crippen molar-refractivity contribution in [3.8, 4) is 17.2 Å². The second-order valence-corrected chi connectivity index (χ2v) is 7.47. The predicted molar refractivity (Wildman–Crippen MR) is 114 cm³/mol. The van der Waals surface area contributed by atoms with Crippen LogP contribution in [0.4, 0.5) is 0 Å². The van der Waals surface area contributed by atoms with Gasteiger partial charge in [-0.3, -0.25) is 4.90 Å². The SMILES string of the molecule is CCOc1c(OC)cc(C2NN=C3CCN(Cc4ccccc4)CC32)cc1OC. The number of nitrogens with zero attached hydrogens (tertiary/aromatic N) is 2. The largest absolute Gasteiger partial charge is 0.493 e. The monoisotopic (exact) mass is 395 g/mol. The lowest BCUT2D eigenvalue weighted by Crippen LogP contribution is -2.41. The highest BCUT2D eigenvalue weighted by Crippen LogP contribution is 2.43. The summed E-state index contributed by atoms with van der Waals surface area (Å²) in [5.41, 5.74) is 7.07. The van der Waals surface area contributed by atoms with E-state index in [1.165, 1.54) is 11.3 Å². The zero-order valence-electron chi connectivity index (χ0n) is 17.4. The van der Waals surface area contributed by atoms with Crippen LogP contribution in [0.2, 0.25) is 0 Å². The Kier molecular flexibility index (Phi) is 5.90. The Hall–Kier alpha value is -2.73. The minimum absolute atomic E-state index is 0.0991. The fourth-order valence-corrected chi connectivity index (χ4v) is 4.27. The van der Waals surface area contributed by atoms with E-state index in [1.54, 1.807) is 14.2 Å². The van der Waals surface area contributed by atoms with Crippen LogP contribution in [0.25, 0.3) is 0 Å². The van der Waals surface area contributed by atoms with Crippen molar-refractivity contribution in [2.75, 3.05) is 33.9 Å². The van der Waals surface area contributed by atoms with Gasteiger partial charge in [0.2, 0.25) is 5.75 Å². The minimum Gasteiger partial charge on any atom is -0.493 e. The second kappa shape index (κ2) is 8.74. The standard InChI is InChI=1S/C23H29N3O3/c1-4-29-23-20(27-2)12-17(13-21(23)28-3)22-18-15-26(11-10-19(18)24-25-22)14-16-8-6-5-7-9-16/h5-9,12-13,18,22,25H,4,10-11,14-15H2,1-3H3. The number of ether oxygens (including phenoxy) is 3. The first-order valence-corrected chi connectivity index (χ1v) is 10.2. The fourth-order valence-electron chi connectivity index (χ4n) is 4.27. The summed E-state index contributed by atoms with van der Waals surface area (Å²) in [6.07, 6.45) is 0.992. The topological polar surface area (TPSA) is 55.3 Å². The number of fused-ring (bicyclic) bond motifs is 1. The normalized spacial score (nSPS) is 21.1. The van der Waals surface area contributed by atoms with Gasteiger partial charge in [0.25, 0.3) is 0 Å². The summed E-state index contributed by atoms with van der Waals surface area (Å²) < 4.78 is 16.9. The summed E-state index contributed by atoms with van der Waals surface area (Å²) in [4.78, 5) is 2.52. The zero-order valence-corrected chi connectivity index (χ0v) is 17.4. The average molecular weight is 396 g/mol. The first-order chi connectivity index (χ1) is 14.2. The maximum absolute atomic E-state index is 5.75. The van der Waals surface area contributed by atoms with Crippen molar-refractivity contribution >= 4 is 5.71 Å². The number of likely N-dealkylation sites (tertiary alicyclic amines) is 1. The molecule has 0 aliphatic carbocycles. The molecule has 0 spiro atoms. The molecule has 2 aromatic carbocycles. The van der Waals surface area contributed by atoms with Crippen molar-refractivity contribution in [2.24, 2.45) is 11.0 Å². The van der Waals surface area contributed by atoms with E-state index in [4.69, 9.17) is 14.2 Å². The number of rotatable bonds is 7. The summed E-state index contributed by atoms with van der Waals surface area (Å²) in [6, 6.07) is 14.8. The molecule has 2 aromatic rings. The molecular weight excluding hydrogens is 366 g/mol. The van der Waals surface area contributed by atoms with Crippen LogP contribution >= 0.6 is 0 Å². The maximum Gasteiger partial charge on any atom is 0.203 e. The molecule has 6 heteroatoms. The van der Waals surface area contributed by atoms with Gasteiger partial charge in [0.05, 0.1) is 26.9 Å². The van der Waals surface area contributed by atoms with Crippen LogP contribution in [-0.4, -0.2) is 44.5 Å². The summed E-state index contributed by atoms with van der Waals surface area (Å²) in [5, 5.41) is 4.65. The molecular formula is C23H29N3O3. The van der Waals surface area contributed by atoms with Gasteiger partial charge in [0.1, 0.15) is 0 Å². The lowest BCUT2D eigenvalue weighted by atomic mass is 9.86. The third-order valence-electron chi connectivity index (χ3n) is 5.70. The number of methoxy groups -OCH3 is 2. The van der Waals surface area contributed by atoms with Gasteiger partial charge in [0, 0.05) is 37.7 Å². The third-order valence-corrected chi connectivity index (χ3v) is 5.70. The molecule has 2 atom stereocenters. The number of hydrogen-bond acceptors (Lipinski definition) is 6. The second-order valence-electron chi connectivity index (χ2n) is 7.47. The van der Waals surface area contributed by atoms with Gasteiger partial charge in [-0.25, -0.2) is 0 Å². The van der Waals surface area contributed by atoms with Crippen LogP contribution in [0.1, 0.15) is 30.5 Å². The highest BCUT2D eigenvalue weighted by Gasteiger charge is 2.37. The summed E-state index contributed by atoms with van der Waals surface area (Å²) in [5.74, 6) is 2.36. The Morgan fingerprint density at radius 1 is 1.10 bits per heavy atom. The smallest absolute Gasteiger partial charge is 0.203 e. The van der Waals surface area contributed by atoms with Crippen LogP contribution in [0.15, 0.2) is 47.6 Å². The Morgan fingerprint density at radius 3 is 2.48 bits per heavy atom. The van der Waals surface area contributed by atoms with Gasteiger partial charge in [-0.2, -0.15) is 5.10 Å². The first kappa shape index (κ1) is 19.6. The fraction of sp³-hybridized carbons (Fsp3) is 0.435. The van der Waals surface area contributed by atoms with Crippen LogP contribution in [0, 0.1) is 5.92 Å². The Balaban J connectivity index is 1.56. The number of piperidine rings is 1. The number of benzene rings is 2. The van der Waals surface area contributed by atoms with E-state index in [-0.39, 0.29) is 6.04 Å². The van der Waals surface area contributed by atoms with Crippen molar-refractivity contribution in [1.82, 2.24) is 10.3 Å². The van der Waals surface area contributed by atoms with Crippen molar-refractivity contribution < 1.29 is 14.2 Å². The average Bonchev–Trinajstić information content (AvgIpc) is 3.18. The van der Waals surface area contributed by atoms with Gasteiger partial charge in [-0.1, -0.05) is 30.3 Å². The third kappa shape index (κ3) is 4.03. The van der Waals surface area contributed by atoms with Crippen LogP contribution in [0.5, 0.6) is 17.2 Å². The highest BCUT2D eigenvalue weighted by atomic mass is 16.5. The Labute approximate surface area is 172 Å². The molecule has 0 aromatic heterocycles. The van der Waals surface area contributed by atoms with E-state index >= 15 is 0 Å². The first-order valence-electron chi connectivity index (χ1n) is 10.2. The number of hydrazone groups is 1. The molecule has 6 nitrogen and oxygen atoms in total. The molecule has 0 radical (unpaired) electrons. The lowest BCUT2D eigenvalue weighted by molar-refractivity contribution is 0.219. The van der Waals surface area contributed by atoms with Crippen molar-refractivity contribution in [3.63, 3.8) is 0 Å². The summed E-state index contributed by atoms with van der Waals surface area (Å²) in [6.45, 7) is 5.48. The van der Waals surface area contributed by atoms with Gasteiger partial charge < -0.3 is 19.6 Å². The van der Waals surface area contributed by atoms with Crippen molar-refractivity contribution in [3.05, 3.63) is 53.6 Å². The molecule has 2 heterocycles. The van der Waals surface area contributed by atoms with Crippen LogP contribution in [0.3, 0.4) is 0 Å². The van der Waals surface area contributed by atoms with E-state index in [0.717, 1.165) is 31.6 Å². The van der Waals surface area contributed by atoms with E-state index < -0.39 is 0 Å². The summed E-state index contributed by atoms with van der Waals surface area (Å²) in [7, 11) is 3.32. The lowest BCUT2D eigenvalue weighted by Gasteiger charge is -2.33. The molecule has 2 unspecified atom stereocenters. The number of hydrogen-bond donors (Lipinski definition) is 1. The molecule has 2 aliphatic rings. The van der Waals surface area contributed by atoms with Crippen LogP contribution < -0.4 is 19.6 Å². The highest BCUT2D eigenvalue weighted by molar-refractivity contribution is 5.90. The van der Waals surface area contributed by atoms with Crippen molar-refractivity contribution in [2.45, 2.75) is 25.9 Å². The zero-order chi connectivity index (χ0) is 20.2. The molecule has 2 aliphatic heterocycles.